The van der Waals surface area contributed by atoms with Crippen molar-refractivity contribution in [2.45, 2.75) is 26.4 Å². The van der Waals surface area contributed by atoms with Gasteiger partial charge in [-0.25, -0.2) is 0 Å². The number of hydrogen-bond donors (Lipinski definition) is 1. The highest BCUT2D eigenvalue weighted by Crippen LogP contribution is 2.00. The van der Waals surface area contributed by atoms with Crippen molar-refractivity contribution in [3.8, 4) is 0 Å². The molecule has 56 valence electrons. The predicted octanol–water partition coefficient (Wildman–Crippen LogP) is 1.36. The first kappa shape index (κ1) is 7.35. The fourth-order valence-corrected chi connectivity index (χ4v) is 1.01. The number of nitrogens with zero attached hydrogens (tertiary/aromatic N) is 1. The first-order chi connectivity index (χ1) is 4.86. The van der Waals surface area contributed by atoms with Gasteiger partial charge in [0.05, 0.1) is 0 Å². The Kier molecular flexibility index (Phi) is 2.51. The summed E-state index contributed by atoms with van der Waals surface area (Å²) >= 11 is 0. The molecule has 0 aliphatic heterocycles. The summed E-state index contributed by atoms with van der Waals surface area (Å²) < 4.78 is 2.17. The van der Waals surface area contributed by atoms with Gasteiger partial charge >= 0.3 is 0 Å². The third-order valence-corrected chi connectivity index (χ3v) is 1.53. The van der Waals surface area contributed by atoms with Crippen molar-refractivity contribution in [2.24, 2.45) is 5.73 Å². The maximum absolute atomic E-state index is 5.45. The van der Waals surface area contributed by atoms with Gasteiger partial charge in [-0.15, -0.1) is 0 Å². The summed E-state index contributed by atoms with van der Waals surface area (Å²) in [5, 5.41) is 0. The second-order valence-electron chi connectivity index (χ2n) is 2.46. The van der Waals surface area contributed by atoms with Crippen LogP contribution >= 0.6 is 0 Å². The first-order valence-electron chi connectivity index (χ1n) is 3.71. The van der Waals surface area contributed by atoms with Crippen LogP contribution in [0.3, 0.4) is 0 Å². The number of hydrogen-bond acceptors (Lipinski definition) is 1. The van der Waals surface area contributed by atoms with Gasteiger partial charge in [0.25, 0.3) is 0 Å². The van der Waals surface area contributed by atoms with Gasteiger partial charge in [-0.1, -0.05) is 6.92 Å². The van der Waals surface area contributed by atoms with Crippen LogP contribution in [-0.2, 0) is 13.1 Å². The summed E-state index contributed by atoms with van der Waals surface area (Å²) in [6.45, 7) is 3.92. The van der Waals surface area contributed by atoms with Crippen molar-refractivity contribution in [2.75, 3.05) is 0 Å². The van der Waals surface area contributed by atoms with E-state index in [2.05, 4.69) is 30.0 Å². The Bertz CT molecular complexity index is 191. The second-order valence-corrected chi connectivity index (χ2v) is 2.46. The maximum Gasteiger partial charge on any atom is 0.0217 e. The normalized spacial score (nSPS) is 10.2. The van der Waals surface area contributed by atoms with Gasteiger partial charge in [0.1, 0.15) is 0 Å². The number of rotatable bonds is 3. The summed E-state index contributed by atoms with van der Waals surface area (Å²) in [6, 6.07) is 2.07. The molecular weight excluding hydrogens is 124 g/mol. The zero-order chi connectivity index (χ0) is 7.40. The van der Waals surface area contributed by atoms with Gasteiger partial charge in [-0.05, 0) is 18.1 Å². The second kappa shape index (κ2) is 3.42. The highest BCUT2D eigenvalue weighted by Gasteiger charge is 1.91. The standard InChI is InChI=1S/C8H14N2/c1-2-4-10-5-3-8(6-9)7-10/h3,5,7H,2,4,6,9H2,1H3. The Morgan fingerprint density at radius 2 is 2.40 bits per heavy atom. The van der Waals surface area contributed by atoms with Crippen LogP contribution < -0.4 is 5.73 Å². The molecule has 2 N–H and O–H groups in total. The number of nitrogens with two attached hydrogens (primary N) is 1. The summed E-state index contributed by atoms with van der Waals surface area (Å²) in [7, 11) is 0. The molecule has 2 nitrogen and oxygen atoms in total. The van der Waals surface area contributed by atoms with Crippen LogP contribution in [0, 0.1) is 0 Å². The van der Waals surface area contributed by atoms with E-state index in [1.165, 1.54) is 12.0 Å². The van der Waals surface area contributed by atoms with Crippen molar-refractivity contribution in [1.82, 2.24) is 4.57 Å². The van der Waals surface area contributed by atoms with E-state index in [1.54, 1.807) is 0 Å². The van der Waals surface area contributed by atoms with E-state index >= 15 is 0 Å². The molecule has 1 aromatic heterocycles. The lowest BCUT2D eigenvalue weighted by atomic mass is 10.3. The lowest BCUT2D eigenvalue weighted by Gasteiger charge is -1.96. The van der Waals surface area contributed by atoms with Crippen molar-refractivity contribution in [3.05, 3.63) is 24.0 Å². The largest absolute Gasteiger partial charge is 0.354 e. The summed E-state index contributed by atoms with van der Waals surface area (Å²) in [5.41, 5.74) is 6.66. The van der Waals surface area contributed by atoms with E-state index in [9.17, 15) is 0 Å². The molecule has 0 aliphatic rings. The molecule has 2 heteroatoms. The molecule has 0 atom stereocenters. The number of aromatic nitrogens is 1. The molecule has 10 heavy (non-hydrogen) atoms. The molecule has 1 rings (SSSR count). The smallest absolute Gasteiger partial charge is 0.0217 e. The Labute approximate surface area is 61.7 Å². The summed E-state index contributed by atoms with van der Waals surface area (Å²) in [6.07, 6.45) is 5.36. The Morgan fingerprint density at radius 1 is 1.60 bits per heavy atom. The highest BCUT2D eigenvalue weighted by molar-refractivity contribution is 5.09. The summed E-state index contributed by atoms with van der Waals surface area (Å²) in [4.78, 5) is 0. The summed E-state index contributed by atoms with van der Waals surface area (Å²) in [5.74, 6) is 0. The minimum absolute atomic E-state index is 0.650. The van der Waals surface area contributed by atoms with Crippen LogP contribution in [0.4, 0.5) is 0 Å². The average Bonchev–Trinajstić information content (AvgIpc) is 2.37. The number of aryl methyl sites for hydroxylation is 1. The Hall–Kier alpha value is -0.760. The van der Waals surface area contributed by atoms with E-state index in [4.69, 9.17) is 5.73 Å². The third kappa shape index (κ3) is 1.61. The molecule has 0 bridgehead atoms. The quantitative estimate of drug-likeness (QED) is 0.671. The molecular formula is C8H14N2. The fraction of sp³-hybridized carbons (Fsp3) is 0.500. The van der Waals surface area contributed by atoms with E-state index in [1.807, 2.05) is 0 Å². The monoisotopic (exact) mass is 138 g/mol. The minimum atomic E-state index is 0.650. The third-order valence-electron chi connectivity index (χ3n) is 1.53. The Balaban J connectivity index is 2.59. The van der Waals surface area contributed by atoms with Crippen molar-refractivity contribution >= 4 is 0 Å². The van der Waals surface area contributed by atoms with Crippen LogP contribution in [0.2, 0.25) is 0 Å². The molecule has 1 heterocycles. The Morgan fingerprint density at radius 3 is 2.90 bits per heavy atom. The molecule has 0 saturated heterocycles. The van der Waals surface area contributed by atoms with Crippen LogP contribution in [0.1, 0.15) is 18.9 Å². The molecule has 0 fully saturated rings. The van der Waals surface area contributed by atoms with Gasteiger partial charge in [0, 0.05) is 25.5 Å². The molecule has 0 saturated carbocycles. The van der Waals surface area contributed by atoms with E-state index in [0.717, 1.165) is 6.54 Å². The van der Waals surface area contributed by atoms with E-state index < -0.39 is 0 Å². The molecule has 0 aliphatic carbocycles. The molecule has 0 amide bonds. The zero-order valence-electron chi connectivity index (χ0n) is 6.38. The van der Waals surface area contributed by atoms with Crippen LogP contribution in [-0.4, -0.2) is 4.57 Å². The lowest BCUT2D eigenvalue weighted by molar-refractivity contribution is 0.681. The molecule has 0 spiro atoms. The first-order valence-corrected chi connectivity index (χ1v) is 3.71. The lowest BCUT2D eigenvalue weighted by Crippen LogP contribution is -1.95. The van der Waals surface area contributed by atoms with Crippen LogP contribution in [0.25, 0.3) is 0 Å². The van der Waals surface area contributed by atoms with Crippen molar-refractivity contribution in [3.63, 3.8) is 0 Å². The van der Waals surface area contributed by atoms with Crippen molar-refractivity contribution < 1.29 is 0 Å². The van der Waals surface area contributed by atoms with Gasteiger partial charge in [-0.2, -0.15) is 0 Å². The topological polar surface area (TPSA) is 30.9 Å². The predicted molar refractivity (Wildman–Crippen MR) is 42.6 cm³/mol. The van der Waals surface area contributed by atoms with Crippen LogP contribution in [0.5, 0.6) is 0 Å². The molecule has 0 unspecified atom stereocenters. The minimum Gasteiger partial charge on any atom is -0.354 e. The molecule has 0 aromatic carbocycles. The maximum atomic E-state index is 5.45. The van der Waals surface area contributed by atoms with E-state index in [-0.39, 0.29) is 0 Å². The van der Waals surface area contributed by atoms with Gasteiger partial charge in [0.15, 0.2) is 0 Å². The molecule has 1 aromatic rings. The van der Waals surface area contributed by atoms with E-state index in [0.29, 0.717) is 6.54 Å². The highest BCUT2D eigenvalue weighted by atomic mass is 14.9. The fourth-order valence-electron chi connectivity index (χ4n) is 1.01. The van der Waals surface area contributed by atoms with Crippen molar-refractivity contribution in [1.29, 1.82) is 0 Å². The zero-order valence-corrected chi connectivity index (χ0v) is 6.38. The van der Waals surface area contributed by atoms with Crippen LogP contribution in [0.15, 0.2) is 18.5 Å². The van der Waals surface area contributed by atoms with Gasteiger partial charge in [-0.3, -0.25) is 0 Å². The van der Waals surface area contributed by atoms with Gasteiger partial charge in [0.2, 0.25) is 0 Å². The van der Waals surface area contributed by atoms with Gasteiger partial charge < -0.3 is 10.3 Å². The average molecular weight is 138 g/mol. The SMILES string of the molecule is CCCn1ccc(CN)c1. The molecule has 0 radical (unpaired) electrons.